The van der Waals surface area contributed by atoms with Crippen LogP contribution in [-0.2, 0) is 9.47 Å². The Hall–Kier alpha value is -1.79. The maximum absolute atomic E-state index is 6.48. The van der Waals surface area contributed by atoms with Crippen LogP contribution in [0.15, 0.2) is 29.3 Å². The predicted octanol–water partition coefficient (Wildman–Crippen LogP) is 3.57. The molecule has 6 nitrogen and oxygen atoms in total. The van der Waals surface area contributed by atoms with Crippen LogP contribution in [0.1, 0.15) is 63.5 Å². The van der Waals surface area contributed by atoms with Crippen LogP contribution in [0.2, 0.25) is 0 Å². The van der Waals surface area contributed by atoms with Crippen LogP contribution in [0.4, 0.5) is 0 Å². The minimum atomic E-state index is -0.0201. The van der Waals surface area contributed by atoms with E-state index in [4.69, 9.17) is 19.2 Å². The minimum Gasteiger partial charge on any atom is -0.487 e. The van der Waals surface area contributed by atoms with Gasteiger partial charge in [0.1, 0.15) is 11.4 Å². The number of hydrogen-bond acceptors (Lipinski definition) is 4. The Morgan fingerprint density at radius 1 is 1.24 bits per heavy atom. The molecule has 1 aromatic carbocycles. The minimum absolute atomic E-state index is 0.0201. The third kappa shape index (κ3) is 5.23. The number of guanidine groups is 1. The van der Waals surface area contributed by atoms with Gasteiger partial charge in [0.2, 0.25) is 0 Å². The molecule has 1 aromatic rings. The van der Waals surface area contributed by atoms with E-state index in [0.29, 0.717) is 19.8 Å². The van der Waals surface area contributed by atoms with Crippen molar-refractivity contribution in [2.75, 3.05) is 32.9 Å². The molecule has 2 aliphatic heterocycles. The van der Waals surface area contributed by atoms with Gasteiger partial charge >= 0.3 is 0 Å². The molecule has 1 saturated carbocycles. The van der Waals surface area contributed by atoms with Crippen LogP contribution in [0, 0.1) is 0 Å². The SMILES string of the molecule is CCNC(=NCCOCC1CCCO1)NC1CC2(CCCC2)Oc2ccccc21. The van der Waals surface area contributed by atoms with E-state index in [1.54, 1.807) is 0 Å². The van der Waals surface area contributed by atoms with Crippen LogP contribution in [-0.4, -0.2) is 50.6 Å². The number of nitrogens with one attached hydrogen (secondary N) is 2. The van der Waals surface area contributed by atoms with Gasteiger partial charge in [0.05, 0.1) is 31.9 Å². The molecule has 2 fully saturated rings. The Labute approximate surface area is 174 Å². The van der Waals surface area contributed by atoms with E-state index < -0.39 is 0 Å². The molecule has 2 heterocycles. The standard InChI is InChI=1S/C23H35N3O3/c1-2-24-22(25-13-15-27-17-18-8-7-14-28-18)26-20-16-23(11-5-6-12-23)29-21-10-4-3-9-19(20)21/h3-4,9-10,18,20H,2,5-8,11-17H2,1H3,(H2,24,25,26). The molecule has 1 spiro atoms. The van der Waals surface area contributed by atoms with Crippen molar-refractivity contribution in [1.82, 2.24) is 10.6 Å². The monoisotopic (exact) mass is 401 g/mol. The first-order valence-corrected chi connectivity index (χ1v) is 11.3. The molecule has 4 rings (SSSR count). The summed E-state index contributed by atoms with van der Waals surface area (Å²) >= 11 is 0. The number of nitrogens with zero attached hydrogens (tertiary/aromatic N) is 1. The summed E-state index contributed by atoms with van der Waals surface area (Å²) in [4.78, 5) is 4.75. The number of hydrogen-bond donors (Lipinski definition) is 2. The van der Waals surface area contributed by atoms with Crippen molar-refractivity contribution in [2.24, 2.45) is 4.99 Å². The lowest BCUT2D eigenvalue weighted by Gasteiger charge is -2.40. The number of rotatable bonds is 7. The molecule has 6 heteroatoms. The van der Waals surface area contributed by atoms with Crippen LogP contribution in [0.5, 0.6) is 5.75 Å². The van der Waals surface area contributed by atoms with Crippen molar-refractivity contribution < 1.29 is 14.2 Å². The lowest BCUT2D eigenvalue weighted by atomic mass is 9.86. The number of aliphatic imine (C=N–C) groups is 1. The normalized spacial score (nSPS) is 25.6. The van der Waals surface area contributed by atoms with Gasteiger partial charge in [-0.2, -0.15) is 0 Å². The van der Waals surface area contributed by atoms with E-state index in [-0.39, 0.29) is 17.7 Å². The second-order valence-corrected chi connectivity index (χ2v) is 8.40. The average Bonchev–Trinajstić information content (AvgIpc) is 3.40. The fourth-order valence-electron chi connectivity index (χ4n) is 4.77. The van der Waals surface area contributed by atoms with Crippen LogP contribution >= 0.6 is 0 Å². The van der Waals surface area contributed by atoms with Crippen LogP contribution in [0.3, 0.4) is 0 Å². The Bertz CT molecular complexity index is 682. The van der Waals surface area contributed by atoms with Gasteiger partial charge in [-0.05, 0) is 51.5 Å². The first-order chi connectivity index (χ1) is 14.3. The molecule has 2 N–H and O–H groups in total. The molecule has 0 radical (unpaired) electrons. The second-order valence-electron chi connectivity index (χ2n) is 8.40. The van der Waals surface area contributed by atoms with Gasteiger partial charge in [-0.15, -0.1) is 0 Å². The summed E-state index contributed by atoms with van der Waals surface area (Å²) in [5.74, 6) is 1.87. The highest BCUT2D eigenvalue weighted by atomic mass is 16.5. The van der Waals surface area contributed by atoms with Gasteiger partial charge in [0, 0.05) is 25.1 Å². The Morgan fingerprint density at radius 2 is 2.10 bits per heavy atom. The molecule has 1 aliphatic carbocycles. The summed E-state index contributed by atoms with van der Waals surface area (Å²) in [5, 5.41) is 7.06. The fourth-order valence-corrected chi connectivity index (χ4v) is 4.77. The quantitative estimate of drug-likeness (QED) is 0.415. The summed E-state index contributed by atoms with van der Waals surface area (Å²) in [6.45, 7) is 5.73. The average molecular weight is 402 g/mol. The lowest BCUT2D eigenvalue weighted by molar-refractivity contribution is 0.0199. The smallest absolute Gasteiger partial charge is 0.191 e. The molecule has 160 valence electrons. The van der Waals surface area contributed by atoms with Crippen molar-refractivity contribution in [3.63, 3.8) is 0 Å². The Morgan fingerprint density at radius 3 is 2.90 bits per heavy atom. The molecule has 2 atom stereocenters. The highest BCUT2D eigenvalue weighted by Gasteiger charge is 2.43. The zero-order valence-corrected chi connectivity index (χ0v) is 17.6. The molecule has 1 saturated heterocycles. The number of fused-ring (bicyclic) bond motifs is 1. The molecule has 29 heavy (non-hydrogen) atoms. The van der Waals surface area contributed by atoms with E-state index in [9.17, 15) is 0 Å². The van der Waals surface area contributed by atoms with Gasteiger partial charge in [-0.3, -0.25) is 4.99 Å². The Kier molecular flexibility index (Phi) is 6.93. The lowest BCUT2D eigenvalue weighted by Crippen LogP contribution is -2.46. The van der Waals surface area contributed by atoms with Gasteiger partial charge < -0.3 is 24.8 Å². The van der Waals surface area contributed by atoms with E-state index >= 15 is 0 Å². The van der Waals surface area contributed by atoms with Crippen molar-refractivity contribution in [3.05, 3.63) is 29.8 Å². The van der Waals surface area contributed by atoms with E-state index in [1.807, 2.05) is 0 Å². The molecular formula is C23H35N3O3. The van der Waals surface area contributed by atoms with Gasteiger partial charge in [-0.1, -0.05) is 18.2 Å². The van der Waals surface area contributed by atoms with Crippen molar-refractivity contribution >= 4 is 5.96 Å². The topological polar surface area (TPSA) is 64.1 Å². The number of para-hydroxylation sites is 1. The van der Waals surface area contributed by atoms with E-state index in [0.717, 1.165) is 57.0 Å². The van der Waals surface area contributed by atoms with Gasteiger partial charge in [0.15, 0.2) is 5.96 Å². The predicted molar refractivity (Wildman–Crippen MR) is 115 cm³/mol. The zero-order chi connectivity index (χ0) is 19.9. The van der Waals surface area contributed by atoms with Crippen LogP contribution in [0.25, 0.3) is 0 Å². The summed E-state index contributed by atoms with van der Waals surface area (Å²) in [7, 11) is 0. The van der Waals surface area contributed by atoms with Crippen molar-refractivity contribution in [3.8, 4) is 5.75 Å². The third-order valence-corrected chi connectivity index (χ3v) is 6.20. The van der Waals surface area contributed by atoms with Gasteiger partial charge in [0.25, 0.3) is 0 Å². The third-order valence-electron chi connectivity index (χ3n) is 6.20. The summed E-state index contributed by atoms with van der Waals surface area (Å²) in [5.41, 5.74) is 1.21. The van der Waals surface area contributed by atoms with Crippen molar-refractivity contribution in [1.29, 1.82) is 0 Å². The van der Waals surface area contributed by atoms with Gasteiger partial charge in [-0.25, -0.2) is 0 Å². The van der Waals surface area contributed by atoms with Crippen molar-refractivity contribution in [2.45, 2.75) is 69.6 Å². The maximum Gasteiger partial charge on any atom is 0.191 e. The van der Waals surface area contributed by atoms with E-state index in [1.165, 1.54) is 18.4 Å². The molecule has 0 bridgehead atoms. The summed E-state index contributed by atoms with van der Waals surface area (Å²) < 4.78 is 17.8. The molecule has 0 aromatic heterocycles. The van der Waals surface area contributed by atoms with Crippen LogP contribution < -0.4 is 15.4 Å². The molecule has 0 amide bonds. The van der Waals surface area contributed by atoms with E-state index in [2.05, 4.69) is 41.8 Å². The number of ether oxygens (including phenoxy) is 3. The second kappa shape index (κ2) is 9.81. The molecule has 3 aliphatic rings. The highest BCUT2D eigenvalue weighted by molar-refractivity contribution is 5.80. The molecular weight excluding hydrogens is 366 g/mol. The fraction of sp³-hybridized carbons (Fsp3) is 0.696. The summed E-state index contributed by atoms with van der Waals surface area (Å²) in [6, 6.07) is 8.64. The number of benzene rings is 1. The largest absolute Gasteiger partial charge is 0.487 e. The molecule has 2 unspecified atom stereocenters. The maximum atomic E-state index is 6.48. The first kappa shape index (κ1) is 20.5. The first-order valence-electron chi connectivity index (χ1n) is 11.3. The highest BCUT2D eigenvalue weighted by Crippen LogP contribution is 2.46. The Balaban J connectivity index is 1.37. The zero-order valence-electron chi connectivity index (χ0n) is 17.6. The summed E-state index contributed by atoms with van der Waals surface area (Å²) in [6.07, 6.45) is 8.31.